The number of hydrogen-bond acceptors (Lipinski definition) is 4. The quantitative estimate of drug-likeness (QED) is 0.692. The van der Waals surface area contributed by atoms with E-state index in [2.05, 4.69) is 47.6 Å². The molecule has 0 spiro atoms. The van der Waals surface area contributed by atoms with Crippen molar-refractivity contribution in [2.24, 2.45) is 0 Å². The van der Waals surface area contributed by atoms with Crippen molar-refractivity contribution in [2.75, 3.05) is 5.32 Å². The van der Waals surface area contributed by atoms with Crippen LogP contribution in [0.3, 0.4) is 0 Å². The summed E-state index contributed by atoms with van der Waals surface area (Å²) in [5, 5.41) is 5.59. The average Bonchev–Trinajstić information content (AvgIpc) is 3.22. The number of aryl methyl sites for hydroxylation is 3. The third-order valence-electron chi connectivity index (χ3n) is 4.29. The maximum atomic E-state index is 12.5. The predicted molar refractivity (Wildman–Crippen MR) is 101 cm³/mol. The molecule has 122 valence electrons. The summed E-state index contributed by atoms with van der Waals surface area (Å²) < 4.78 is 0. The van der Waals surface area contributed by atoms with Gasteiger partial charge in [0.05, 0.1) is 10.6 Å². The van der Waals surface area contributed by atoms with E-state index in [4.69, 9.17) is 0 Å². The smallest absolute Gasteiger partial charge is 0.267 e. The van der Waals surface area contributed by atoms with E-state index in [0.717, 1.165) is 29.0 Å². The van der Waals surface area contributed by atoms with Crippen LogP contribution in [0, 0.1) is 6.92 Å². The number of fused-ring (bicyclic) bond motifs is 1. The van der Waals surface area contributed by atoms with E-state index in [1.165, 1.54) is 40.2 Å². The van der Waals surface area contributed by atoms with Crippen molar-refractivity contribution < 1.29 is 4.79 Å². The third kappa shape index (κ3) is 3.14. The van der Waals surface area contributed by atoms with Crippen LogP contribution < -0.4 is 5.32 Å². The van der Waals surface area contributed by atoms with Gasteiger partial charge < -0.3 is 0 Å². The second-order valence-corrected chi connectivity index (χ2v) is 8.12. The minimum atomic E-state index is -0.0424. The number of amides is 1. The van der Waals surface area contributed by atoms with Crippen molar-refractivity contribution in [3.8, 4) is 11.3 Å². The molecule has 2 aromatic heterocycles. The summed E-state index contributed by atoms with van der Waals surface area (Å²) in [6.45, 7) is 2.07. The van der Waals surface area contributed by atoms with E-state index >= 15 is 0 Å². The molecule has 1 aliphatic rings. The summed E-state index contributed by atoms with van der Waals surface area (Å²) in [5.41, 5.74) is 4.56. The fourth-order valence-corrected chi connectivity index (χ4v) is 4.81. The van der Waals surface area contributed by atoms with Crippen molar-refractivity contribution in [3.63, 3.8) is 0 Å². The average molecular weight is 355 g/mol. The lowest BCUT2D eigenvalue weighted by Crippen LogP contribution is -2.09. The predicted octanol–water partition coefficient (Wildman–Crippen LogP) is 5.31. The maximum Gasteiger partial charge on any atom is 0.267 e. The highest BCUT2D eigenvalue weighted by atomic mass is 32.1. The van der Waals surface area contributed by atoms with Crippen LogP contribution in [0.4, 0.5) is 5.13 Å². The first-order valence-corrected chi connectivity index (χ1v) is 9.84. The van der Waals surface area contributed by atoms with Gasteiger partial charge in [0.15, 0.2) is 5.13 Å². The summed E-state index contributed by atoms with van der Waals surface area (Å²) in [6, 6.07) is 10.3. The highest BCUT2D eigenvalue weighted by Crippen LogP contribution is 2.31. The summed E-state index contributed by atoms with van der Waals surface area (Å²) >= 11 is 3.10. The standard InChI is InChI=1S/C19H18N2OS2/c1-12-6-8-13(9-7-12)15-11-23-19(20-15)21-18(22)17-10-14-4-2-3-5-16(14)24-17/h6-11H,2-5H2,1H3,(H,20,21,22). The molecule has 4 rings (SSSR count). The molecule has 1 aliphatic carbocycles. The summed E-state index contributed by atoms with van der Waals surface area (Å²) in [5.74, 6) is -0.0424. The molecule has 1 amide bonds. The Hall–Kier alpha value is -1.98. The van der Waals surface area contributed by atoms with E-state index in [1.54, 1.807) is 11.3 Å². The van der Waals surface area contributed by atoms with Crippen LogP contribution in [-0.4, -0.2) is 10.9 Å². The molecule has 3 aromatic rings. The van der Waals surface area contributed by atoms with Crippen LogP contribution in [0.5, 0.6) is 0 Å². The van der Waals surface area contributed by atoms with Gasteiger partial charge in [-0.2, -0.15) is 0 Å². The zero-order valence-corrected chi connectivity index (χ0v) is 15.1. The largest absolute Gasteiger partial charge is 0.297 e. The summed E-state index contributed by atoms with van der Waals surface area (Å²) in [6.07, 6.45) is 4.69. The van der Waals surface area contributed by atoms with Crippen molar-refractivity contribution >= 4 is 33.7 Å². The number of aromatic nitrogens is 1. The molecular weight excluding hydrogens is 336 g/mol. The molecule has 1 aromatic carbocycles. The minimum absolute atomic E-state index is 0.0424. The lowest BCUT2D eigenvalue weighted by molar-refractivity contribution is 0.103. The monoisotopic (exact) mass is 354 g/mol. The van der Waals surface area contributed by atoms with Gasteiger partial charge in [0.2, 0.25) is 0 Å². The number of carbonyl (C=O) groups is 1. The third-order valence-corrected chi connectivity index (χ3v) is 6.29. The topological polar surface area (TPSA) is 42.0 Å². The second-order valence-electron chi connectivity index (χ2n) is 6.12. The van der Waals surface area contributed by atoms with E-state index < -0.39 is 0 Å². The minimum Gasteiger partial charge on any atom is -0.297 e. The lowest BCUT2D eigenvalue weighted by Gasteiger charge is -2.08. The number of hydrogen-bond donors (Lipinski definition) is 1. The second kappa shape index (κ2) is 6.49. The maximum absolute atomic E-state index is 12.5. The highest BCUT2D eigenvalue weighted by Gasteiger charge is 2.18. The Morgan fingerprint density at radius 3 is 2.75 bits per heavy atom. The van der Waals surface area contributed by atoms with Crippen LogP contribution >= 0.6 is 22.7 Å². The fourth-order valence-electron chi connectivity index (χ4n) is 2.95. The van der Waals surface area contributed by atoms with Crippen LogP contribution in [0.1, 0.15) is 38.5 Å². The first-order valence-electron chi connectivity index (χ1n) is 8.14. The lowest BCUT2D eigenvalue weighted by atomic mass is 9.99. The molecule has 0 radical (unpaired) electrons. The zero-order chi connectivity index (χ0) is 16.5. The first-order chi connectivity index (χ1) is 11.7. The van der Waals surface area contributed by atoms with Gasteiger partial charge in [0.1, 0.15) is 0 Å². The number of nitrogens with one attached hydrogen (secondary N) is 1. The molecule has 0 bridgehead atoms. The van der Waals surface area contributed by atoms with Crippen molar-refractivity contribution in [2.45, 2.75) is 32.6 Å². The number of thiophene rings is 1. The summed E-state index contributed by atoms with van der Waals surface area (Å²) in [4.78, 5) is 19.2. The van der Waals surface area contributed by atoms with Gasteiger partial charge >= 0.3 is 0 Å². The molecule has 1 N–H and O–H groups in total. The molecule has 0 saturated heterocycles. The van der Waals surface area contributed by atoms with Crippen molar-refractivity contribution in [1.29, 1.82) is 0 Å². The molecule has 3 nitrogen and oxygen atoms in total. The Bertz CT molecular complexity index is 854. The van der Waals surface area contributed by atoms with Gasteiger partial charge in [-0.1, -0.05) is 29.8 Å². The molecule has 0 fully saturated rings. The van der Waals surface area contributed by atoms with Crippen LogP contribution in [0.15, 0.2) is 35.7 Å². The van der Waals surface area contributed by atoms with Gasteiger partial charge in [-0.05, 0) is 44.2 Å². The molecular formula is C19H18N2OS2. The van der Waals surface area contributed by atoms with E-state index in [1.807, 2.05) is 5.38 Å². The summed E-state index contributed by atoms with van der Waals surface area (Å²) in [7, 11) is 0. The van der Waals surface area contributed by atoms with E-state index in [-0.39, 0.29) is 5.91 Å². The number of nitrogens with zero attached hydrogens (tertiary/aromatic N) is 1. The zero-order valence-electron chi connectivity index (χ0n) is 13.5. The Balaban J connectivity index is 1.50. The van der Waals surface area contributed by atoms with Gasteiger partial charge in [0, 0.05) is 15.8 Å². The highest BCUT2D eigenvalue weighted by molar-refractivity contribution is 7.15. The van der Waals surface area contributed by atoms with E-state index in [0.29, 0.717) is 5.13 Å². The molecule has 2 heterocycles. The van der Waals surface area contributed by atoms with E-state index in [9.17, 15) is 4.79 Å². The molecule has 0 atom stereocenters. The van der Waals surface area contributed by atoms with Crippen molar-refractivity contribution in [3.05, 3.63) is 56.6 Å². The van der Waals surface area contributed by atoms with Crippen LogP contribution in [0.2, 0.25) is 0 Å². The fraction of sp³-hybridized carbons (Fsp3) is 0.263. The number of thiazole rings is 1. The van der Waals surface area contributed by atoms with Crippen LogP contribution in [-0.2, 0) is 12.8 Å². The Morgan fingerprint density at radius 1 is 1.17 bits per heavy atom. The first kappa shape index (κ1) is 15.5. The number of carbonyl (C=O) groups excluding carboxylic acids is 1. The molecule has 0 unspecified atom stereocenters. The van der Waals surface area contributed by atoms with Crippen molar-refractivity contribution in [1.82, 2.24) is 4.98 Å². The molecule has 0 aliphatic heterocycles. The Kier molecular flexibility index (Phi) is 4.21. The van der Waals surface area contributed by atoms with Crippen LogP contribution in [0.25, 0.3) is 11.3 Å². The molecule has 24 heavy (non-hydrogen) atoms. The molecule has 0 saturated carbocycles. The SMILES string of the molecule is Cc1ccc(-c2csc(NC(=O)c3cc4c(s3)CCCC4)n2)cc1. The Morgan fingerprint density at radius 2 is 1.96 bits per heavy atom. The number of rotatable bonds is 3. The normalized spacial score (nSPS) is 13.5. The molecule has 5 heteroatoms. The Labute approximate surface area is 149 Å². The van der Waals surface area contributed by atoms with Gasteiger partial charge in [-0.3, -0.25) is 10.1 Å². The number of benzene rings is 1. The van der Waals surface area contributed by atoms with Gasteiger partial charge in [-0.15, -0.1) is 22.7 Å². The van der Waals surface area contributed by atoms with Gasteiger partial charge in [-0.25, -0.2) is 4.98 Å². The number of anilines is 1. The van der Waals surface area contributed by atoms with Gasteiger partial charge in [0.25, 0.3) is 5.91 Å².